The van der Waals surface area contributed by atoms with Crippen molar-refractivity contribution in [2.75, 3.05) is 10.2 Å². The van der Waals surface area contributed by atoms with Crippen molar-refractivity contribution in [3.8, 4) is 0 Å². The van der Waals surface area contributed by atoms with Crippen LogP contribution in [0.4, 0.5) is 11.4 Å². The zero-order valence-corrected chi connectivity index (χ0v) is 19.9. The summed E-state index contributed by atoms with van der Waals surface area (Å²) >= 11 is 0. The highest BCUT2D eigenvalue weighted by molar-refractivity contribution is 6.23. The summed E-state index contributed by atoms with van der Waals surface area (Å²) in [5.41, 5.74) is 5.03. The first-order valence-corrected chi connectivity index (χ1v) is 12.3. The van der Waals surface area contributed by atoms with Crippen molar-refractivity contribution in [3.05, 3.63) is 95.1 Å². The van der Waals surface area contributed by atoms with Gasteiger partial charge in [-0.15, -0.1) is 0 Å². The summed E-state index contributed by atoms with van der Waals surface area (Å²) in [6, 6.07) is 23.1. The van der Waals surface area contributed by atoms with Gasteiger partial charge < -0.3 is 5.32 Å². The highest BCUT2D eigenvalue weighted by atomic mass is 16.2. The van der Waals surface area contributed by atoms with Crippen LogP contribution in [0.15, 0.2) is 72.8 Å². The molecule has 1 N–H and O–H groups in total. The van der Waals surface area contributed by atoms with E-state index in [9.17, 15) is 14.4 Å². The fourth-order valence-corrected chi connectivity index (χ4v) is 6.83. The number of nitrogens with zero attached hydrogens (tertiary/aromatic N) is 1. The fourth-order valence-electron chi connectivity index (χ4n) is 6.83. The maximum Gasteiger partial charge on any atom is 0.255 e. The van der Waals surface area contributed by atoms with Crippen molar-refractivity contribution in [1.82, 2.24) is 0 Å². The van der Waals surface area contributed by atoms with E-state index in [2.05, 4.69) is 17.4 Å². The van der Waals surface area contributed by atoms with Crippen LogP contribution in [0.5, 0.6) is 0 Å². The molecule has 1 saturated heterocycles. The van der Waals surface area contributed by atoms with Crippen molar-refractivity contribution in [3.63, 3.8) is 0 Å². The molecule has 35 heavy (non-hydrogen) atoms. The molecule has 2 bridgehead atoms. The van der Waals surface area contributed by atoms with E-state index >= 15 is 0 Å². The largest absolute Gasteiger partial charge is 0.322 e. The minimum atomic E-state index is -0.265. The summed E-state index contributed by atoms with van der Waals surface area (Å²) in [4.78, 5) is 41.4. The monoisotopic (exact) mass is 464 g/mol. The van der Waals surface area contributed by atoms with Crippen LogP contribution < -0.4 is 10.2 Å². The number of amides is 3. The third-order valence-electron chi connectivity index (χ3n) is 8.09. The summed E-state index contributed by atoms with van der Waals surface area (Å²) in [5.74, 6) is -0.211. The number of carbonyl (C=O) groups excluding carboxylic acids is 3. The van der Waals surface area contributed by atoms with Gasteiger partial charge in [-0.3, -0.25) is 19.3 Å². The molecule has 176 valence electrons. The van der Waals surface area contributed by atoms with Gasteiger partial charge in [-0.2, -0.15) is 0 Å². The molecule has 1 aliphatic heterocycles. The van der Waals surface area contributed by atoms with E-state index in [0.29, 0.717) is 17.2 Å². The number of imide groups is 1. The van der Waals surface area contributed by atoms with Gasteiger partial charge >= 0.3 is 0 Å². The summed E-state index contributed by atoms with van der Waals surface area (Å²) in [5, 5.41) is 2.94. The molecule has 0 unspecified atom stereocenters. The second-order valence-electron chi connectivity index (χ2n) is 10.4. The Morgan fingerprint density at radius 3 is 2.29 bits per heavy atom. The molecule has 5 heteroatoms. The molecule has 3 aromatic carbocycles. The van der Waals surface area contributed by atoms with Gasteiger partial charge in [0, 0.05) is 11.3 Å². The van der Waals surface area contributed by atoms with Gasteiger partial charge in [-0.25, -0.2) is 0 Å². The average molecular weight is 465 g/mol. The van der Waals surface area contributed by atoms with E-state index in [-0.39, 0.29) is 41.4 Å². The Bertz CT molecular complexity index is 1330. The second-order valence-corrected chi connectivity index (χ2v) is 10.4. The lowest BCUT2D eigenvalue weighted by Crippen LogP contribution is -2.33. The normalized spacial score (nSPS) is 26.8. The zero-order valence-electron chi connectivity index (χ0n) is 19.9. The molecule has 3 aromatic rings. The van der Waals surface area contributed by atoms with Crippen LogP contribution in [0, 0.1) is 37.5 Å². The molecular formula is C30H28N2O3. The van der Waals surface area contributed by atoms with Crippen LogP contribution in [0.25, 0.3) is 0 Å². The molecule has 2 aliphatic carbocycles. The first-order valence-electron chi connectivity index (χ1n) is 12.3. The average Bonchev–Trinajstić information content (AvgIpc) is 3.50. The van der Waals surface area contributed by atoms with E-state index in [0.717, 1.165) is 29.7 Å². The Balaban J connectivity index is 1.25. The number of carbonyl (C=O) groups is 3. The highest BCUT2D eigenvalue weighted by Gasteiger charge is 2.64. The van der Waals surface area contributed by atoms with Crippen molar-refractivity contribution in [2.45, 2.75) is 32.6 Å². The van der Waals surface area contributed by atoms with Crippen LogP contribution in [0.2, 0.25) is 0 Å². The number of fused-ring (bicyclic) bond motifs is 5. The van der Waals surface area contributed by atoms with Gasteiger partial charge in [0.25, 0.3) is 5.91 Å². The van der Waals surface area contributed by atoms with Crippen LogP contribution >= 0.6 is 0 Å². The molecule has 3 fully saturated rings. The Labute approximate surface area is 205 Å². The Morgan fingerprint density at radius 2 is 1.54 bits per heavy atom. The third kappa shape index (κ3) is 3.57. The molecule has 0 radical (unpaired) electrons. The van der Waals surface area contributed by atoms with Gasteiger partial charge in [0.05, 0.1) is 17.5 Å². The highest BCUT2D eigenvalue weighted by Crippen LogP contribution is 2.61. The molecular weight excluding hydrogens is 436 g/mol. The molecule has 1 heterocycles. The van der Waals surface area contributed by atoms with E-state index in [1.54, 1.807) is 24.3 Å². The fraction of sp³-hybridized carbons (Fsp3) is 0.300. The van der Waals surface area contributed by atoms with Crippen LogP contribution in [-0.4, -0.2) is 17.7 Å². The summed E-state index contributed by atoms with van der Waals surface area (Å²) in [6.07, 6.45) is 1.90. The van der Waals surface area contributed by atoms with Crippen LogP contribution in [0.3, 0.4) is 0 Å². The van der Waals surface area contributed by atoms with Gasteiger partial charge in [-0.1, -0.05) is 42.5 Å². The molecule has 5 nitrogen and oxygen atoms in total. The molecule has 5 atom stereocenters. The number of hydrogen-bond donors (Lipinski definition) is 1. The standard InChI is InChI=1S/C30H28N2O3/c1-17-11-18(2)13-22(12-17)31-28(33)20-9-6-10-23(14-20)32-29(34)26-21-15-24(19-7-4-3-5-8-19)25(16-21)27(26)30(32)35/h3-14,21,24-27H,15-16H2,1-2H3,(H,31,33)/t21-,24+,25+,26+,27+/m0/s1. The Kier molecular flexibility index (Phi) is 5.10. The van der Waals surface area contributed by atoms with Gasteiger partial charge in [0.15, 0.2) is 0 Å². The minimum absolute atomic E-state index is 0.106. The zero-order chi connectivity index (χ0) is 24.3. The maximum absolute atomic E-state index is 13.6. The predicted molar refractivity (Wildman–Crippen MR) is 135 cm³/mol. The lowest BCUT2D eigenvalue weighted by Gasteiger charge is -2.28. The van der Waals surface area contributed by atoms with Crippen LogP contribution in [0.1, 0.15) is 45.8 Å². The van der Waals surface area contributed by atoms with E-state index in [1.165, 1.54) is 10.5 Å². The number of benzene rings is 3. The predicted octanol–water partition coefficient (Wildman–Crippen LogP) is 5.48. The topological polar surface area (TPSA) is 66.5 Å². The minimum Gasteiger partial charge on any atom is -0.322 e. The van der Waals surface area contributed by atoms with E-state index in [4.69, 9.17) is 0 Å². The third-order valence-corrected chi connectivity index (χ3v) is 8.09. The molecule has 0 spiro atoms. The molecule has 2 saturated carbocycles. The quantitative estimate of drug-likeness (QED) is 0.520. The summed E-state index contributed by atoms with van der Waals surface area (Å²) in [6.45, 7) is 3.97. The smallest absolute Gasteiger partial charge is 0.255 e. The van der Waals surface area contributed by atoms with Crippen molar-refractivity contribution in [2.24, 2.45) is 23.7 Å². The maximum atomic E-state index is 13.6. The van der Waals surface area contributed by atoms with Gasteiger partial charge in [0.1, 0.15) is 0 Å². The molecule has 3 amide bonds. The SMILES string of the molecule is Cc1cc(C)cc(NC(=O)c2cccc(N3C(=O)[C@@H]4[C@@H]5C[C@@H]([C@H]4C3=O)[C@@H](c3ccccc3)C5)c2)c1. The Morgan fingerprint density at radius 1 is 0.829 bits per heavy atom. The van der Waals surface area contributed by atoms with Gasteiger partial charge in [0.2, 0.25) is 11.8 Å². The van der Waals surface area contributed by atoms with E-state index in [1.807, 2.05) is 50.2 Å². The second kappa shape index (κ2) is 8.19. The lowest BCUT2D eigenvalue weighted by atomic mass is 9.73. The summed E-state index contributed by atoms with van der Waals surface area (Å²) < 4.78 is 0. The van der Waals surface area contributed by atoms with Crippen molar-refractivity contribution < 1.29 is 14.4 Å². The number of anilines is 2. The summed E-state index contributed by atoms with van der Waals surface area (Å²) in [7, 11) is 0. The number of aryl methyl sites for hydroxylation is 2. The number of nitrogens with one attached hydrogen (secondary N) is 1. The first-order chi connectivity index (χ1) is 16.9. The first kappa shape index (κ1) is 21.8. The molecule has 0 aromatic heterocycles. The number of rotatable bonds is 4. The molecule has 6 rings (SSSR count). The van der Waals surface area contributed by atoms with Crippen molar-refractivity contribution in [1.29, 1.82) is 0 Å². The lowest BCUT2D eigenvalue weighted by molar-refractivity contribution is -0.123. The van der Waals surface area contributed by atoms with Crippen LogP contribution in [-0.2, 0) is 9.59 Å². The molecule has 3 aliphatic rings. The Hall–Kier alpha value is -3.73. The number of hydrogen-bond acceptors (Lipinski definition) is 3. The van der Waals surface area contributed by atoms with Crippen molar-refractivity contribution >= 4 is 29.1 Å². The van der Waals surface area contributed by atoms with Gasteiger partial charge in [-0.05, 0) is 91.5 Å². The van der Waals surface area contributed by atoms with E-state index < -0.39 is 0 Å².